The lowest BCUT2D eigenvalue weighted by Crippen LogP contribution is -2.50. The molecule has 1 atom stereocenters. The topological polar surface area (TPSA) is 128 Å². The number of hydrogen-bond acceptors (Lipinski definition) is 7. The number of nitrogens with zero attached hydrogens (tertiary/aromatic N) is 3. The Morgan fingerprint density at radius 1 is 1.14 bits per heavy atom. The minimum atomic E-state index is -1.43. The van der Waals surface area contributed by atoms with Crippen LogP contribution < -0.4 is 4.73 Å². The normalized spacial score (nSPS) is 17.6. The zero-order chi connectivity index (χ0) is 21.7. The zero-order valence-corrected chi connectivity index (χ0v) is 16.7. The van der Waals surface area contributed by atoms with E-state index in [1.807, 2.05) is 0 Å². The molecule has 0 aliphatic carbocycles. The van der Waals surface area contributed by atoms with Crippen molar-refractivity contribution in [1.82, 2.24) is 4.57 Å². The molecule has 0 bridgehead atoms. The first-order valence-corrected chi connectivity index (χ1v) is 8.90. The summed E-state index contributed by atoms with van der Waals surface area (Å²) in [6, 6.07) is 5.34. The van der Waals surface area contributed by atoms with Gasteiger partial charge in [-0.15, -0.1) is 0 Å². The minimum absolute atomic E-state index is 0.132. The van der Waals surface area contributed by atoms with E-state index in [1.54, 1.807) is 25.5 Å². The van der Waals surface area contributed by atoms with E-state index in [-0.39, 0.29) is 11.5 Å². The number of imidazole rings is 1. The molecular weight excluding hydrogens is 382 g/mol. The van der Waals surface area contributed by atoms with E-state index < -0.39 is 34.5 Å². The highest BCUT2D eigenvalue weighted by Crippen LogP contribution is 2.38. The summed E-state index contributed by atoms with van der Waals surface area (Å²) in [6.45, 7) is 6.23. The third kappa shape index (κ3) is 3.41. The molecule has 10 heteroatoms. The standard InChI is InChI=1S/C19H21N3O7/c1-10-11(2)21(25)16(20(10)5)14(12-6-8-13(9-7-12)22(26)27)15-17(23)28-19(3,4)29-18(15)24/h6-9,14-15H,1-5H3. The lowest BCUT2D eigenvalue weighted by molar-refractivity contribution is -0.621. The number of nitro benzene ring substituents is 1. The molecule has 154 valence electrons. The molecule has 0 spiro atoms. The Morgan fingerprint density at radius 2 is 1.66 bits per heavy atom. The summed E-state index contributed by atoms with van der Waals surface area (Å²) in [5, 5.41) is 23.9. The number of cyclic esters (lactones) is 2. The molecule has 1 aliphatic rings. The van der Waals surface area contributed by atoms with Crippen LogP contribution in [0.5, 0.6) is 0 Å². The molecule has 3 rings (SSSR count). The van der Waals surface area contributed by atoms with Crippen molar-refractivity contribution in [2.75, 3.05) is 0 Å². The third-order valence-corrected chi connectivity index (χ3v) is 5.16. The van der Waals surface area contributed by atoms with E-state index in [2.05, 4.69) is 0 Å². The van der Waals surface area contributed by atoms with E-state index in [4.69, 9.17) is 9.47 Å². The van der Waals surface area contributed by atoms with Crippen LogP contribution in [0.1, 0.15) is 42.5 Å². The molecule has 0 N–H and O–H groups in total. The molecule has 2 heterocycles. The first-order valence-electron chi connectivity index (χ1n) is 8.90. The molecule has 1 unspecified atom stereocenters. The molecule has 1 fully saturated rings. The van der Waals surface area contributed by atoms with Gasteiger partial charge < -0.3 is 14.7 Å². The second-order valence-corrected chi connectivity index (χ2v) is 7.43. The fourth-order valence-electron chi connectivity index (χ4n) is 3.50. The second kappa shape index (κ2) is 6.87. The maximum Gasteiger partial charge on any atom is 0.324 e. The average molecular weight is 403 g/mol. The van der Waals surface area contributed by atoms with Crippen LogP contribution in [-0.4, -0.2) is 27.2 Å². The van der Waals surface area contributed by atoms with Gasteiger partial charge in [-0.3, -0.25) is 19.7 Å². The van der Waals surface area contributed by atoms with E-state index in [9.17, 15) is 24.9 Å². The highest BCUT2D eigenvalue weighted by molar-refractivity contribution is 5.98. The van der Waals surface area contributed by atoms with Gasteiger partial charge in [0.1, 0.15) is 17.3 Å². The van der Waals surface area contributed by atoms with Crippen molar-refractivity contribution >= 4 is 17.6 Å². The number of esters is 2. The SMILES string of the molecule is Cc1c(C)[n+]([O-])c(C(c2ccc([N+](=O)[O-])cc2)C2C(=O)OC(C)(C)OC2=O)n1C. The van der Waals surface area contributed by atoms with E-state index in [1.165, 1.54) is 38.1 Å². The summed E-state index contributed by atoms with van der Waals surface area (Å²) in [7, 11) is 1.65. The second-order valence-electron chi connectivity index (χ2n) is 7.43. The molecule has 1 aliphatic heterocycles. The first-order chi connectivity index (χ1) is 13.4. The van der Waals surface area contributed by atoms with Crippen molar-refractivity contribution in [3.63, 3.8) is 0 Å². The summed E-state index contributed by atoms with van der Waals surface area (Å²) in [6.07, 6.45) is 0. The number of rotatable bonds is 4. The Morgan fingerprint density at radius 3 is 2.07 bits per heavy atom. The molecule has 0 saturated carbocycles. The molecule has 2 aromatic rings. The van der Waals surface area contributed by atoms with Crippen LogP contribution in [0.25, 0.3) is 0 Å². The number of hydrogen-bond donors (Lipinski definition) is 0. The predicted octanol–water partition coefficient (Wildman–Crippen LogP) is 1.77. The van der Waals surface area contributed by atoms with E-state index in [0.717, 1.165) is 0 Å². The number of carbonyl (C=O) groups excluding carboxylic acids is 2. The largest absolute Gasteiger partial charge is 0.711 e. The van der Waals surface area contributed by atoms with Crippen LogP contribution in [0.3, 0.4) is 0 Å². The maximum atomic E-state index is 12.9. The predicted molar refractivity (Wildman–Crippen MR) is 98.5 cm³/mol. The van der Waals surface area contributed by atoms with Crippen molar-refractivity contribution in [3.8, 4) is 0 Å². The van der Waals surface area contributed by atoms with Crippen molar-refractivity contribution in [3.05, 3.63) is 62.4 Å². The van der Waals surface area contributed by atoms with Crippen LogP contribution in [0.15, 0.2) is 24.3 Å². The fourth-order valence-corrected chi connectivity index (χ4v) is 3.50. The van der Waals surface area contributed by atoms with Gasteiger partial charge in [-0.1, -0.05) is 12.1 Å². The van der Waals surface area contributed by atoms with Crippen molar-refractivity contribution in [2.45, 2.75) is 39.4 Å². The highest BCUT2D eigenvalue weighted by atomic mass is 16.7. The van der Waals surface area contributed by atoms with Crippen LogP contribution in [-0.2, 0) is 26.1 Å². The van der Waals surface area contributed by atoms with Gasteiger partial charge in [-0.05, 0) is 5.56 Å². The molecule has 10 nitrogen and oxygen atoms in total. The third-order valence-electron chi connectivity index (χ3n) is 5.16. The Balaban J connectivity index is 2.20. The zero-order valence-electron chi connectivity index (χ0n) is 16.7. The van der Waals surface area contributed by atoms with Crippen molar-refractivity contribution in [1.29, 1.82) is 0 Å². The van der Waals surface area contributed by atoms with Gasteiger partial charge in [-0.25, -0.2) is 9.30 Å². The van der Waals surface area contributed by atoms with Crippen LogP contribution in [0.4, 0.5) is 5.69 Å². The lowest BCUT2D eigenvalue weighted by Gasteiger charge is -2.35. The summed E-state index contributed by atoms with van der Waals surface area (Å²) < 4.78 is 12.7. The van der Waals surface area contributed by atoms with Gasteiger partial charge in [0.2, 0.25) is 0 Å². The number of non-ortho nitro benzene ring substituents is 1. The molecule has 29 heavy (non-hydrogen) atoms. The highest BCUT2D eigenvalue weighted by Gasteiger charge is 2.51. The lowest BCUT2D eigenvalue weighted by atomic mass is 9.84. The summed E-state index contributed by atoms with van der Waals surface area (Å²) in [4.78, 5) is 35.9. The quantitative estimate of drug-likeness (QED) is 0.190. The van der Waals surface area contributed by atoms with Crippen molar-refractivity contribution in [2.24, 2.45) is 13.0 Å². The van der Waals surface area contributed by atoms with Gasteiger partial charge in [0.25, 0.3) is 17.3 Å². The smallest absolute Gasteiger partial charge is 0.324 e. The molecule has 0 amide bonds. The van der Waals surface area contributed by atoms with Crippen LogP contribution in [0.2, 0.25) is 0 Å². The first kappa shape index (κ1) is 20.3. The van der Waals surface area contributed by atoms with Gasteiger partial charge >= 0.3 is 11.9 Å². The Bertz CT molecular complexity index is 962. The van der Waals surface area contributed by atoms with Crippen molar-refractivity contribution < 1.29 is 28.7 Å². The molecule has 1 aromatic heterocycles. The summed E-state index contributed by atoms with van der Waals surface area (Å²) in [5.74, 6) is -5.43. The number of carbonyl (C=O) groups is 2. The molecule has 1 aromatic carbocycles. The molecule has 0 radical (unpaired) electrons. The molecule has 1 saturated heterocycles. The van der Waals surface area contributed by atoms with E-state index >= 15 is 0 Å². The number of ether oxygens (including phenoxy) is 2. The Hall–Kier alpha value is -3.43. The summed E-state index contributed by atoms with van der Waals surface area (Å²) >= 11 is 0. The van der Waals surface area contributed by atoms with Gasteiger partial charge in [0.15, 0.2) is 5.92 Å². The van der Waals surface area contributed by atoms with Gasteiger partial charge in [0, 0.05) is 39.8 Å². The summed E-state index contributed by atoms with van der Waals surface area (Å²) in [5.41, 5.74) is 1.28. The van der Waals surface area contributed by atoms with E-state index in [0.29, 0.717) is 21.7 Å². The van der Waals surface area contributed by atoms with Gasteiger partial charge in [0.05, 0.1) is 12.0 Å². The molecular formula is C19H21N3O7. The Labute approximate surface area is 166 Å². The number of nitro groups is 1. The average Bonchev–Trinajstić information content (AvgIpc) is 2.81. The van der Waals surface area contributed by atoms with Crippen LogP contribution >= 0.6 is 0 Å². The number of benzene rings is 1. The van der Waals surface area contributed by atoms with Crippen LogP contribution in [0, 0.1) is 35.1 Å². The fraction of sp³-hybridized carbons (Fsp3) is 0.421. The minimum Gasteiger partial charge on any atom is -0.711 e. The number of aromatic nitrogens is 2. The Kier molecular flexibility index (Phi) is 4.81. The monoisotopic (exact) mass is 403 g/mol. The maximum absolute atomic E-state index is 12.9. The van der Waals surface area contributed by atoms with Gasteiger partial charge in [-0.2, -0.15) is 0 Å².